The van der Waals surface area contributed by atoms with E-state index in [1.165, 1.54) is 10.8 Å². The second kappa shape index (κ2) is 4.27. The SMILES string of the molecule is O=c1c(Cl)nccn1Cc1cn2ccccc2n1. The van der Waals surface area contributed by atoms with E-state index in [9.17, 15) is 4.79 Å². The Balaban J connectivity index is 2.01. The minimum absolute atomic E-state index is 0.0266. The molecule has 6 heteroatoms. The zero-order chi connectivity index (χ0) is 12.5. The maximum absolute atomic E-state index is 11.7. The molecule has 0 unspecified atom stereocenters. The fourth-order valence-corrected chi connectivity index (χ4v) is 1.95. The summed E-state index contributed by atoms with van der Waals surface area (Å²) in [7, 11) is 0. The van der Waals surface area contributed by atoms with E-state index in [4.69, 9.17) is 11.6 Å². The van der Waals surface area contributed by atoms with Crippen LogP contribution in [0.4, 0.5) is 0 Å². The molecule has 3 aromatic rings. The number of aromatic nitrogens is 4. The van der Waals surface area contributed by atoms with E-state index in [0.29, 0.717) is 6.54 Å². The summed E-state index contributed by atoms with van der Waals surface area (Å²) in [6, 6.07) is 5.75. The number of rotatable bonds is 2. The van der Waals surface area contributed by atoms with E-state index in [0.717, 1.165) is 11.3 Å². The van der Waals surface area contributed by atoms with Gasteiger partial charge in [-0.1, -0.05) is 17.7 Å². The van der Waals surface area contributed by atoms with Gasteiger partial charge in [-0.3, -0.25) is 4.79 Å². The molecule has 0 saturated heterocycles. The first-order chi connectivity index (χ1) is 8.74. The predicted octanol–water partition coefficient (Wildman–Crippen LogP) is 1.59. The van der Waals surface area contributed by atoms with Gasteiger partial charge < -0.3 is 8.97 Å². The van der Waals surface area contributed by atoms with Crippen LogP contribution in [-0.4, -0.2) is 18.9 Å². The number of pyridine rings is 1. The molecule has 3 rings (SSSR count). The zero-order valence-corrected chi connectivity index (χ0v) is 10.1. The molecule has 90 valence electrons. The topological polar surface area (TPSA) is 52.2 Å². The molecule has 0 bridgehead atoms. The molecule has 0 N–H and O–H groups in total. The van der Waals surface area contributed by atoms with Gasteiger partial charge >= 0.3 is 0 Å². The summed E-state index contributed by atoms with van der Waals surface area (Å²) in [5.41, 5.74) is 1.34. The van der Waals surface area contributed by atoms with E-state index in [2.05, 4.69) is 9.97 Å². The quantitative estimate of drug-likeness (QED) is 0.703. The van der Waals surface area contributed by atoms with Gasteiger partial charge in [-0.2, -0.15) is 0 Å². The van der Waals surface area contributed by atoms with Crippen molar-refractivity contribution in [1.82, 2.24) is 18.9 Å². The molecule has 0 radical (unpaired) electrons. The Kier molecular flexibility index (Phi) is 2.60. The molecule has 3 heterocycles. The van der Waals surface area contributed by atoms with Crippen LogP contribution in [0.25, 0.3) is 5.65 Å². The zero-order valence-electron chi connectivity index (χ0n) is 9.32. The standard InChI is InChI=1S/C12H9ClN4O/c13-11-12(18)17(6-4-14-11)8-9-7-16-5-2-1-3-10(16)15-9/h1-7H,8H2. The molecule has 0 aliphatic rings. The van der Waals surface area contributed by atoms with E-state index >= 15 is 0 Å². The Morgan fingerprint density at radius 1 is 1.28 bits per heavy atom. The van der Waals surface area contributed by atoms with Crippen LogP contribution in [0.2, 0.25) is 5.15 Å². The summed E-state index contributed by atoms with van der Waals surface area (Å²) >= 11 is 5.69. The highest BCUT2D eigenvalue weighted by atomic mass is 35.5. The molecular formula is C12H9ClN4O. The monoisotopic (exact) mass is 260 g/mol. The van der Waals surface area contributed by atoms with Crippen LogP contribution in [0.1, 0.15) is 5.69 Å². The van der Waals surface area contributed by atoms with Crippen LogP contribution >= 0.6 is 11.6 Å². The van der Waals surface area contributed by atoms with E-state index in [1.807, 2.05) is 35.0 Å². The van der Waals surface area contributed by atoms with Gasteiger partial charge in [-0.05, 0) is 12.1 Å². The van der Waals surface area contributed by atoms with Crippen molar-refractivity contribution in [2.75, 3.05) is 0 Å². The molecule has 0 saturated carbocycles. The van der Waals surface area contributed by atoms with Gasteiger partial charge in [0.05, 0.1) is 12.2 Å². The molecule has 0 fully saturated rings. The number of hydrogen-bond acceptors (Lipinski definition) is 3. The van der Waals surface area contributed by atoms with Gasteiger partial charge in [0.2, 0.25) is 0 Å². The lowest BCUT2D eigenvalue weighted by Crippen LogP contribution is -2.21. The lowest BCUT2D eigenvalue weighted by atomic mass is 10.4. The first-order valence-corrected chi connectivity index (χ1v) is 5.75. The summed E-state index contributed by atoms with van der Waals surface area (Å²) in [6.45, 7) is 0.378. The smallest absolute Gasteiger partial charge is 0.288 e. The second-order valence-electron chi connectivity index (χ2n) is 3.85. The van der Waals surface area contributed by atoms with Gasteiger partial charge in [-0.15, -0.1) is 0 Å². The molecule has 0 amide bonds. The van der Waals surface area contributed by atoms with E-state index in [-0.39, 0.29) is 10.7 Å². The van der Waals surface area contributed by atoms with Crippen molar-refractivity contribution in [2.24, 2.45) is 0 Å². The van der Waals surface area contributed by atoms with Crippen molar-refractivity contribution in [2.45, 2.75) is 6.54 Å². The maximum atomic E-state index is 11.7. The predicted molar refractivity (Wildman–Crippen MR) is 67.8 cm³/mol. The maximum Gasteiger partial charge on any atom is 0.288 e. The van der Waals surface area contributed by atoms with Crippen LogP contribution in [0, 0.1) is 0 Å². The third-order valence-electron chi connectivity index (χ3n) is 2.62. The molecule has 0 aliphatic carbocycles. The number of fused-ring (bicyclic) bond motifs is 1. The molecular weight excluding hydrogens is 252 g/mol. The summed E-state index contributed by atoms with van der Waals surface area (Å²) in [5, 5.41) is -0.0266. The summed E-state index contributed by atoms with van der Waals surface area (Å²) in [4.78, 5) is 19.9. The molecule has 0 aromatic carbocycles. The average molecular weight is 261 g/mol. The summed E-state index contributed by atoms with van der Waals surface area (Å²) < 4.78 is 3.39. The molecule has 0 atom stereocenters. The lowest BCUT2D eigenvalue weighted by molar-refractivity contribution is 0.734. The number of halogens is 1. The molecule has 0 spiro atoms. The Morgan fingerprint density at radius 2 is 2.17 bits per heavy atom. The van der Waals surface area contributed by atoms with Crippen LogP contribution in [0.15, 0.2) is 47.8 Å². The minimum Gasteiger partial charge on any atom is -0.307 e. The Bertz CT molecular complexity index is 729. The minimum atomic E-state index is -0.309. The third kappa shape index (κ3) is 1.89. The van der Waals surface area contributed by atoms with Crippen LogP contribution in [0.5, 0.6) is 0 Å². The normalized spacial score (nSPS) is 10.9. The number of nitrogens with zero attached hydrogens (tertiary/aromatic N) is 4. The third-order valence-corrected chi connectivity index (χ3v) is 2.88. The van der Waals surface area contributed by atoms with Crippen molar-refractivity contribution < 1.29 is 0 Å². The molecule has 5 nitrogen and oxygen atoms in total. The highest BCUT2D eigenvalue weighted by molar-refractivity contribution is 6.29. The average Bonchev–Trinajstić information content (AvgIpc) is 2.77. The largest absolute Gasteiger partial charge is 0.307 e. The summed E-state index contributed by atoms with van der Waals surface area (Å²) in [6.07, 6.45) is 6.89. The van der Waals surface area contributed by atoms with Crippen molar-refractivity contribution in [3.63, 3.8) is 0 Å². The van der Waals surface area contributed by atoms with Gasteiger partial charge in [0.15, 0.2) is 5.15 Å². The van der Waals surface area contributed by atoms with Gasteiger partial charge in [0.1, 0.15) is 5.65 Å². The first-order valence-electron chi connectivity index (χ1n) is 5.37. The fraction of sp³-hybridized carbons (Fsp3) is 0.0833. The highest BCUT2D eigenvalue weighted by Gasteiger charge is 2.05. The number of imidazole rings is 1. The van der Waals surface area contributed by atoms with Gasteiger partial charge in [0, 0.05) is 24.8 Å². The Labute approximate surface area is 107 Å². The summed E-state index contributed by atoms with van der Waals surface area (Å²) in [5.74, 6) is 0. The van der Waals surface area contributed by atoms with Crippen molar-refractivity contribution in [3.05, 3.63) is 64.2 Å². The molecule has 18 heavy (non-hydrogen) atoms. The Morgan fingerprint density at radius 3 is 3.00 bits per heavy atom. The lowest BCUT2D eigenvalue weighted by Gasteiger charge is -2.01. The first kappa shape index (κ1) is 11.0. The molecule has 0 aliphatic heterocycles. The van der Waals surface area contributed by atoms with E-state index in [1.54, 1.807) is 6.20 Å². The second-order valence-corrected chi connectivity index (χ2v) is 4.21. The van der Waals surface area contributed by atoms with Crippen molar-refractivity contribution in [3.8, 4) is 0 Å². The number of hydrogen-bond donors (Lipinski definition) is 0. The van der Waals surface area contributed by atoms with Gasteiger partial charge in [0.25, 0.3) is 5.56 Å². The van der Waals surface area contributed by atoms with Gasteiger partial charge in [-0.25, -0.2) is 9.97 Å². The highest BCUT2D eigenvalue weighted by Crippen LogP contribution is 2.05. The van der Waals surface area contributed by atoms with Crippen LogP contribution in [-0.2, 0) is 6.54 Å². The van der Waals surface area contributed by atoms with Crippen molar-refractivity contribution >= 4 is 17.2 Å². The van der Waals surface area contributed by atoms with Crippen LogP contribution < -0.4 is 5.56 Å². The molecule has 3 aromatic heterocycles. The van der Waals surface area contributed by atoms with E-state index < -0.39 is 0 Å². The van der Waals surface area contributed by atoms with Crippen molar-refractivity contribution in [1.29, 1.82) is 0 Å². The fourth-order valence-electron chi connectivity index (χ4n) is 1.78. The van der Waals surface area contributed by atoms with Crippen LogP contribution in [0.3, 0.4) is 0 Å². The Hall–Kier alpha value is -2.14.